The van der Waals surface area contributed by atoms with Crippen molar-refractivity contribution in [2.45, 2.75) is 65.2 Å². The van der Waals surface area contributed by atoms with Crippen molar-refractivity contribution in [2.75, 3.05) is 0 Å². The number of unbranched alkanes of at least 4 members (excludes halogenated alkanes) is 4. The van der Waals surface area contributed by atoms with Crippen LogP contribution in [0.5, 0.6) is 0 Å². The van der Waals surface area contributed by atoms with Crippen LogP contribution >= 0.6 is 0 Å². The van der Waals surface area contributed by atoms with E-state index in [4.69, 9.17) is 5.11 Å². The fourth-order valence-corrected chi connectivity index (χ4v) is 1.50. The molecule has 1 atom stereocenters. The number of hydrogen-bond acceptors (Lipinski definition) is 1. The third-order valence-electron chi connectivity index (χ3n) is 2.78. The second-order valence-electron chi connectivity index (χ2n) is 4.21. The number of rotatable bonds is 9. The first-order valence-corrected chi connectivity index (χ1v) is 5.88. The molecule has 2 nitrogen and oxygen atoms in total. The van der Waals surface area contributed by atoms with Gasteiger partial charge in [-0.25, -0.2) is 0 Å². The van der Waals surface area contributed by atoms with Gasteiger partial charge in [-0.1, -0.05) is 52.4 Å². The summed E-state index contributed by atoms with van der Waals surface area (Å²) in [6, 6.07) is 0. The Labute approximate surface area is 87.7 Å². The van der Waals surface area contributed by atoms with Crippen LogP contribution in [-0.4, -0.2) is 11.1 Å². The Bertz CT molecular complexity index is 143. The lowest BCUT2D eigenvalue weighted by atomic mass is 10.00. The van der Waals surface area contributed by atoms with Crippen LogP contribution in [0.25, 0.3) is 0 Å². The van der Waals surface area contributed by atoms with Crippen LogP contribution in [0.3, 0.4) is 0 Å². The monoisotopic (exact) mass is 200 g/mol. The van der Waals surface area contributed by atoms with Gasteiger partial charge < -0.3 is 5.11 Å². The highest BCUT2D eigenvalue weighted by atomic mass is 16.4. The Morgan fingerprint density at radius 1 is 1.14 bits per heavy atom. The predicted octanol–water partition coefficient (Wildman–Crippen LogP) is 3.85. The molecule has 0 aliphatic carbocycles. The largest absolute Gasteiger partial charge is 0.481 e. The maximum absolute atomic E-state index is 10.2. The Hall–Kier alpha value is -0.530. The first-order chi connectivity index (χ1) is 6.66. The summed E-state index contributed by atoms with van der Waals surface area (Å²) < 4.78 is 0. The van der Waals surface area contributed by atoms with E-state index in [1.807, 2.05) is 0 Å². The molecule has 1 N–H and O–H groups in total. The van der Waals surface area contributed by atoms with Gasteiger partial charge in [0.25, 0.3) is 0 Å². The van der Waals surface area contributed by atoms with E-state index in [-0.39, 0.29) is 0 Å². The summed E-state index contributed by atoms with van der Waals surface area (Å²) in [4.78, 5) is 10.2. The third-order valence-corrected chi connectivity index (χ3v) is 2.78. The predicted molar refractivity (Wildman–Crippen MR) is 59.4 cm³/mol. The molecule has 2 heteroatoms. The number of carbonyl (C=O) groups is 1. The van der Waals surface area contributed by atoms with Crippen molar-refractivity contribution in [2.24, 2.45) is 5.92 Å². The molecule has 0 aliphatic rings. The first kappa shape index (κ1) is 13.5. The molecule has 0 spiro atoms. The second-order valence-corrected chi connectivity index (χ2v) is 4.21. The van der Waals surface area contributed by atoms with Gasteiger partial charge in [-0.15, -0.1) is 0 Å². The molecule has 0 heterocycles. The number of aliphatic carboxylic acids is 1. The summed E-state index contributed by atoms with van der Waals surface area (Å²) in [7, 11) is 0. The van der Waals surface area contributed by atoms with Crippen LogP contribution in [0, 0.1) is 5.92 Å². The summed E-state index contributed by atoms with van der Waals surface area (Å²) in [6.07, 6.45) is 8.64. The molecule has 0 saturated heterocycles. The smallest absolute Gasteiger partial charge is 0.303 e. The first-order valence-electron chi connectivity index (χ1n) is 5.88. The van der Waals surface area contributed by atoms with Gasteiger partial charge >= 0.3 is 5.97 Å². The maximum Gasteiger partial charge on any atom is 0.303 e. The van der Waals surface area contributed by atoms with E-state index < -0.39 is 5.97 Å². The molecular formula is C12H24O2. The van der Waals surface area contributed by atoms with E-state index in [0.29, 0.717) is 6.42 Å². The van der Waals surface area contributed by atoms with Gasteiger partial charge in [-0.3, -0.25) is 4.79 Å². The third kappa shape index (κ3) is 9.56. The summed E-state index contributed by atoms with van der Waals surface area (Å²) >= 11 is 0. The average molecular weight is 200 g/mol. The normalized spacial score (nSPS) is 12.7. The molecule has 14 heavy (non-hydrogen) atoms. The minimum Gasteiger partial charge on any atom is -0.481 e. The van der Waals surface area contributed by atoms with Crippen molar-refractivity contribution >= 4 is 5.97 Å². The molecule has 0 aromatic heterocycles. The van der Waals surface area contributed by atoms with E-state index in [9.17, 15) is 4.79 Å². The number of hydrogen-bond donors (Lipinski definition) is 1. The van der Waals surface area contributed by atoms with Gasteiger partial charge in [0.2, 0.25) is 0 Å². The standard InChI is InChI=1S/C12H24O2/c1-3-11(2)9-7-5-4-6-8-10-12(13)14/h11H,3-10H2,1-2H3,(H,13,14)/t11-/m0/s1. The minimum atomic E-state index is -0.662. The van der Waals surface area contributed by atoms with Crippen molar-refractivity contribution < 1.29 is 9.90 Å². The molecule has 0 unspecified atom stereocenters. The van der Waals surface area contributed by atoms with Crippen LogP contribution in [0.15, 0.2) is 0 Å². The lowest BCUT2D eigenvalue weighted by Gasteiger charge is -2.06. The number of carboxylic acid groups (broad SMARTS) is 1. The Morgan fingerprint density at radius 2 is 1.71 bits per heavy atom. The Morgan fingerprint density at radius 3 is 2.29 bits per heavy atom. The number of carboxylic acids is 1. The second kappa shape index (κ2) is 9.04. The minimum absolute atomic E-state index is 0.339. The molecule has 0 rings (SSSR count). The molecule has 0 aromatic carbocycles. The molecule has 0 radical (unpaired) electrons. The van der Waals surface area contributed by atoms with Gasteiger partial charge in [-0.05, 0) is 12.3 Å². The lowest BCUT2D eigenvalue weighted by Crippen LogP contribution is -1.94. The van der Waals surface area contributed by atoms with Crippen molar-refractivity contribution in [1.82, 2.24) is 0 Å². The zero-order chi connectivity index (χ0) is 10.8. The summed E-state index contributed by atoms with van der Waals surface area (Å²) in [5.41, 5.74) is 0. The molecule has 0 bridgehead atoms. The maximum atomic E-state index is 10.2. The molecule has 0 fully saturated rings. The van der Waals surface area contributed by atoms with E-state index >= 15 is 0 Å². The lowest BCUT2D eigenvalue weighted by molar-refractivity contribution is -0.137. The zero-order valence-electron chi connectivity index (χ0n) is 9.59. The SMILES string of the molecule is CC[C@H](C)CCCCCCCC(=O)O. The van der Waals surface area contributed by atoms with Crippen LogP contribution in [0.4, 0.5) is 0 Å². The average Bonchev–Trinajstić information content (AvgIpc) is 2.15. The van der Waals surface area contributed by atoms with E-state index in [2.05, 4.69) is 13.8 Å². The van der Waals surface area contributed by atoms with Crippen LogP contribution in [-0.2, 0) is 4.79 Å². The summed E-state index contributed by atoms with van der Waals surface area (Å²) in [6.45, 7) is 4.53. The van der Waals surface area contributed by atoms with Gasteiger partial charge in [0, 0.05) is 6.42 Å². The fourth-order valence-electron chi connectivity index (χ4n) is 1.50. The molecule has 0 aliphatic heterocycles. The molecule has 0 amide bonds. The Kier molecular flexibility index (Phi) is 8.70. The molecule has 84 valence electrons. The fraction of sp³-hybridized carbons (Fsp3) is 0.917. The van der Waals surface area contributed by atoms with Crippen molar-refractivity contribution in [3.63, 3.8) is 0 Å². The van der Waals surface area contributed by atoms with Crippen LogP contribution in [0.2, 0.25) is 0 Å². The van der Waals surface area contributed by atoms with Gasteiger partial charge in [0.15, 0.2) is 0 Å². The van der Waals surface area contributed by atoms with Gasteiger partial charge in [-0.2, -0.15) is 0 Å². The topological polar surface area (TPSA) is 37.3 Å². The highest BCUT2D eigenvalue weighted by molar-refractivity contribution is 5.66. The molecular weight excluding hydrogens is 176 g/mol. The van der Waals surface area contributed by atoms with E-state index in [1.165, 1.54) is 32.1 Å². The van der Waals surface area contributed by atoms with Crippen LogP contribution in [0.1, 0.15) is 65.2 Å². The van der Waals surface area contributed by atoms with Crippen molar-refractivity contribution in [1.29, 1.82) is 0 Å². The van der Waals surface area contributed by atoms with Crippen molar-refractivity contribution in [3.8, 4) is 0 Å². The highest BCUT2D eigenvalue weighted by Crippen LogP contribution is 2.13. The molecule has 0 aromatic rings. The summed E-state index contributed by atoms with van der Waals surface area (Å²) in [5, 5.41) is 8.42. The summed E-state index contributed by atoms with van der Waals surface area (Å²) in [5.74, 6) is 0.193. The Balaban J connectivity index is 3.02. The van der Waals surface area contributed by atoms with Gasteiger partial charge in [0.1, 0.15) is 0 Å². The van der Waals surface area contributed by atoms with E-state index in [0.717, 1.165) is 18.8 Å². The van der Waals surface area contributed by atoms with Crippen LogP contribution < -0.4 is 0 Å². The van der Waals surface area contributed by atoms with Gasteiger partial charge in [0.05, 0.1) is 0 Å². The van der Waals surface area contributed by atoms with Crippen molar-refractivity contribution in [3.05, 3.63) is 0 Å². The van der Waals surface area contributed by atoms with E-state index in [1.54, 1.807) is 0 Å². The zero-order valence-corrected chi connectivity index (χ0v) is 9.59. The molecule has 0 saturated carbocycles. The quantitative estimate of drug-likeness (QED) is 0.574. The highest BCUT2D eigenvalue weighted by Gasteiger charge is 1.99.